The van der Waals surface area contributed by atoms with Crippen molar-refractivity contribution in [3.63, 3.8) is 0 Å². The highest BCUT2D eigenvalue weighted by Gasteiger charge is 2.13. The lowest BCUT2D eigenvalue weighted by molar-refractivity contribution is -0.115. The Morgan fingerprint density at radius 3 is 2.79 bits per heavy atom. The summed E-state index contributed by atoms with van der Waals surface area (Å²) < 4.78 is 23.9. The van der Waals surface area contributed by atoms with E-state index in [1.165, 1.54) is 0 Å². The molecule has 0 radical (unpaired) electrons. The molecule has 2 N–H and O–H groups in total. The standard InChI is InChI=1S/C17H17N3O3S/c1-2-24(22,23)14-7-3-5-12(9-14)10-16(21)19-15-8-4-6-13-11-18-20-17(13)15/h3-9,11H,2,10H2,1H3,(H,18,20)(H,19,21). The number of aromatic amines is 1. The van der Waals surface area contributed by atoms with E-state index in [2.05, 4.69) is 15.5 Å². The predicted octanol–water partition coefficient (Wildman–Crippen LogP) is 2.54. The maximum Gasteiger partial charge on any atom is 0.228 e. The van der Waals surface area contributed by atoms with Gasteiger partial charge in [0, 0.05) is 5.39 Å². The molecule has 0 fully saturated rings. The molecule has 3 aromatic rings. The minimum Gasteiger partial charge on any atom is -0.324 e. The lowest BCUT2D eigenvalue weighted by atomic mass is 10.1. The molecule has 2 aromatic carbocycles. The first-order valence-electron chi connectivity index (χ1n) is 7.53. The summed E-state index contributed by atoms with van der Waals surface area (Å²) >= 11 is 0. The number of aromatic nitrogens is 2. The third-order valence-electron chi connectivity index (χ3n) is 3.75. The minimum atomic E-state index is -3.28. The van der Waals surface area contributed by atoms with Gasteiger partial charge in [-0.05, 0) is 23.8 Å². The van der Waals surface area contributed by atoms with Gasteiger partial charge in [-0.2, -0.15) is 5.10 Å². The fourth-order valence-corrected chi connectivity index (χ4v) is 3.42. The van der Waals surface area contributed by atoms with E-state index in [4.69, 9.17) is 0 Å². The molecule has 1 amide bonds. The molecule has 0 bridgehead atoms. The summed E-state index contributed by atoms with van der Waals surface area (Å²) in [6, 6.07) is 12.0. The molecule has 0 aliphatic carbocycles. The SMILES string of the molecule is CCS(=O)(=O)c1cccc(CC(=O)Nc2cccc3cn[nH]c23)c1. The van der Waals surface area contributed by atoms with Crippen LogP contribution in [0.5, 0.6) is 0 Å². The zero-order chi connectivity index (χ0) is 17.2. The van der Waals surface area contributed by atoms with Gasteiger partial charge in [0.2, 0.25) is 5.91 Å². The number of H-pyrrole nitrogens is 1. The van der Waals surface area contributed by atoms with Crippen LogP contribution < -0.4 is 5.32 Å². The second-order valence-corrected chi connectivity index (χ2v) is 7.69. The highest BCUT2D eigenvalue weighted by atomic mass is 32.2. The molecule has 0 saturated heterocycles. The van der Waals surface area contributed by atoms with Crippen LogP contribution in [0.25, 0.3) is 10.9 Å². The van der Waals surface area contributed by atoms with Gasteiger partial charge >= 0.3 is 0 Å². The summed E-state index contributed by atoms with van der Waals surface area (Å²) in [7, 11) is -3.28. The Morgan fingerprint density at radius 1 is 1.21 bits per heavy atom. The van der Waals surface area contributed by atoms with E-state index in [-0.39, 0.29) is 23.0 Å². The minimum absolute atomic E-state index is 0.0322. The fraction of sp³-hybridized carbons (Fsp3) is 0.176. The van der Waals surface area contributed by atoms with Crippen molar-refractivity contribution in [2.45, 2.75) is 18.2 Å². The van der Waals surface area contributed by atoms with Gasteiger partial charge in [-0.3, -0.25) is 9.89 Å². The Labute approximate surface area is 139 Å². The van der Waals surface area contributed by atoms with Gasteiger partial charge in [0.1, 0.15) is 0 Å². The molecule has 3 rings (SSSR count). The number of carbonyl (C=O) groups is 1. The van der Waals surface area contributed by atoms with Gasteiger partial charge in [0.15, 0.2) is 9.84 Å². The van der Waals surface area contributed by atoms with E-state index in [0.717, 1.165) is 10.9 Å². The van der Waals surface area contributed by atoms with Crippen molar-refractivity contribution in [1.82, 2.24) is 10.2 Å². The Morgan fingerprint density at radius 2 is 2.00 bits per heavy atom. The van der Waals surface area contributed by atoms with Gasteiger partial charge in [0.25, 0.3) is 0 Å². The Bertz CT molecular complexity index is 993. The molecule has 0 aliphatic rings. The molecule has 124 valence electrons. The van der Waals surface area contributed by atoms with Gasteiger partial charge in [0.05, 0.1) is 34.5 Å². The first kappa shape index (κ1) is 16.2. The molecule has 0 spiro atoms. The summed E-state index contributed by atoms with van der Waals surface area (Å²) in [6.45, 7) is 1.60. The second kappa shape index (κ2) is 6.45. The highest BCUT2D eigenvalue weighted by molar-refractivity contribution is 7.91. The summed E-state index contributed by atoms with van der Waals surface area (Å²) in [4.78, 5) is 12.5. The number of rotatable bonds is 5. The summed E-state index contributed by atoms with van der Waals surface area (Å²) in [6.07, 6.45) is 1.78. The van der Waals surface area contributed by atoms with E-state index in [1.54, 1.807) is 43.5 Å². The maximum atomic E-state index is 12.3. The van der Waals surface area contributed by atoms with E-state index in [0.29, 0.717) is 11.3 Å². The van der Waals surface area contributed by atoms with Crippen LogP contribution in [0.15, 0.2) is 53.6 Å². The summed E-state index contributed by atoms with van der Waals surface area (Å²) in [5.74, 6) is -0.187. The molecule has 6 nitrogen and oxygen atoms in total. The predicted molar refractivity (Wildman–Crippen MR) is 92.6 cm³/mol. The zero-order valence-corrected chi connectivity index (χ0v) is 13.9. The van der Waals surface area contributed by atoms with Gasteiger partial charge < -0.3 is 5.32 Å². The number of hydrogen-bond donors (Lipinski definition) is 2. The van der Waals surface area contributed by atoms with Crippen LogP contribution in [0.2, 0.25) is 0 Å². The van der Waals surface area contributed by atoms with Crippen molar-refractivity contribution in [1.29, 1.82) is 0 Å². The normalized spacial score (nSPS) is 11.5. The number of sulfone groups is 1. The van der Waals surface area contributed by atoms with Crippen molar-refractivity contribution in [2.24, 2.45) is 0 Å². The summed E-state index contributed by atoms with van der Waals surface area (Å²) in [5.41, 5.74) is 2.05. The quantitative estimate of drug-likeness (QED) is 0.745. The van der Waals surface area contributed by atoms with Crippen LogP contribution in [-0.4, -0.2) is 30.3 Å². The number of fused-ring (bicyclic) bond motifs is 1. The smallest absolute Gasteiger partial charge is 0.228 e. The number of para-hydroxylation sites is 1. The van der Waals surface area contributed by atoms with E-state index in [1.807, 2.05) is 12.1 Å². The van der Waals surface area contributed by atoms with Gasteiger partial charge in [-0.25, -0.2) is 8.42 Å². The lowest BCUT2D eigenvalue weighted by Crippen LogP contribution is -2.15. The molecule has 0 atom stereocenters. The van der Waals surface area contributed by atoms with Crippen LogP contribution in [0, 0.1) is 0 Å². The van der Waals surface area contributed by atoms with Crippen LogP contribution in [0.1, 0.15) is 12.5 Å². The molecular formula is C17H17N3O3S. The number of benzene rings is 2. The van der Waals surface area contributed by atoms with Crippen molar-refractivity contribution in [3.8, 4) is 0 Å². The highest BCUT2D eigenvalue weighted by Crippen LogP contribution is 2.21. The first-order chi connectivity index (χ1) is 11.5. The van der Waals surface area contributed by atoms with Crippen molar-refractivity contribution in [3.05, 3.63) is 54.2 Å². The second-order valence-electron chi connectivity index (χ2n) is 5.42. The Kier molecular flexibility index (Phi) is 4.35. The number of nitrogens with zero attached hydrogens (tertiary/aromatic N) is 1. The van der Waals surface area contributed by atoms with Gasteiger partial charge in [-0.15, -0.1) is 0 Å². The van der Waals surface area contributed by atoms with E-state index in [9.17, 15) is 13.2 Å². The maximum absolute atomic E-state index is 12.3. The Hall–Kier alpha value is -2.67. The van der Waals surface area contributed by atoms with Crippen LogP contribution >= 0.6 is 0 Å². The molecule has 1 heterocycles. The molecular weight excluding hydrogens is 326 g/mol. The third kappa shape index (κ3) is 3.30. The molecule has 1 aromatic heterocycles. The molecule has 7 heteroatoms. The van der Waals surface area contributed by atoms with E-state index < -0.39 is 9.84 Å². The van der Waals surface area contributed by atoms with Crippen molar-refractivity contribution in [2.75, 3.05) is 11.1 Å². The molecule has 0 saturated carbocycles. The monoisotopic (exact) mass is 343 g/mol. The van der Waals surface area contributed by atoms with E-state index >= 15 is 0 Å². The number of hydrogen-bond acceptors (Lipinski definition) is 4. The number of amides is 1. The largest absolute Gasteiger partial charge is 0.324 e. The van der Waals surface area contributed by atoms with Gasteiger partial charge in [-0.1, -0.05) is 31.2 Å². The zero-order valence-electron chi connectivity index (χ0n) is 13.1. The number of nitrogens with one attached hydrogen (secondary N) is 2. The topological polar surface area (TPSA) is 91.9 Å². The van der Waals surface area contributed by atoms with Crippen molar-refractivity contribution >= 4 is 32.3 Å². The molecule has 24 heavy (non-hydrogen) atoms. The van der Waals surface area contributed by atoms with Crippen LogP contribution in [0.3, 0.4) is 0 Å². The molecule has 0 unspecified atom stereocenters. The van der Waals surface area contributed by atoms with Crippen LogP contribution in [0.4, 0.5) is 5.69 Å². The summed E-state index contributed by atoms with van der Waals surface area (Å²) in [5, 5.41) is 10.5. The lowest BCUT2D eigenvalue weighted by Gasteiger charge is -2.08. The first-order valence-corrected chi connectivity index (χ1v) is 9.18. The fourth-order valence-electron chi connectivity index (χ4n) is 2.47. The number of carbonyl (C=O) groups excluding carboxylic acids is 1. The number of anilines is 1. The molecule has 0 aliphatic heterocycles. The average molecular weight is 343 g/mol. The Balaban J connectivity index is 1.78. The van der Waals surface area contributed by atoms with Crippen molar-refractivity contribution < 1.29 is 13.2 Å². The third-order valence-corrected chi connectivity index (χ3v) is 5.49. The van der Waals surface area contributed by atoms with Crippen LogP contribution in [-0.2, 0) is 21.1 Å². The average Bonchev–Trinajstić information content (AvgIpc) is 3.05.